The van der Waals surface area contributed by atoms with Crippen LogP contribution in [0.15, 0.2) is 16.6 Å². The van der Waals surface area contributed by atoms with Gasteiger partial charge in [-0.05, 0) is 34.7 Å². The van der Waals surface area contributed by atoms with Crippen molar-refractivity contribution in [1.29, 1.82) is 0 Å². The van der Waals surface area contributed by atoms with Gasteiger partial charge in [-0.1, -0.05) is 15.9 Å². The van der Waals surface area contributed by atoms with Crippen LogP contribution in [-0.2, 0) is 6.54 Å². The molecule has 2 N–H and O–H groups in total. The molecular weight excluding hydrogens is 324 g/mol. The molecule has 1 rings (SSSR count). The van der Waals surface area contributed by atoms with Gasteiger partial charge in [0, 0.05) is 16.6 Å². The minimum atomic E-state index is -0.212. The van der Waals surface area contributed by atoms with Crippen molar-refractivity contribution in [3.05, 3.63) is 31.6 Å². The van der Waals surface area contributed by atoms with Crippen LogP contribution >= 0.6 is 38.5 Å². The van der Waals surface area contributed by atoms with Crippen LogP contribution in [-0.4, -0.2) is 0 Å². The van der Waals surface area contributed by atoms with Gasteiger partial charge in [0.1, 0.15) is 5.82 Å². The van der Waals surface area contributed by atoms with Gasteiger partial charge in [0.05, 0.1) is 3.57 Å². The van der Waals surface area contributed by atoms with E-state index in [-0.39, 0.29) is 12.4 Å². The van der Waals surface area contributed by atoms with Crippen molar-refractivity contribution >= 4 is 38.5 Å². The summed E-state index contributed by atoms with van der Waals surface area (Å²) in [6, 6.07) is 3.41. The first-order valence-corrected chi connectivity index (χ1v) is 4.86. The molecule has 0 fully saturated rings. The van der Waals surface area contributed by atoms with Crippen molar-refractivity contribution in [3.8, 4) is 0 Å². The van der Waals surface area contributed by atoms with Gasteiger partial charge < -0.3 is 5.73 Å². The SMILES string of the molecule is NCc1cc(Br)cc(I)c1F. The zero-order chi connectivity index (χ0) is 8.43. The summed E-state index contributed by atoms with van der Waals surface area (Å²) in [7, 11) is 0. The fourth-order valence-corrected chi connectivity index (χ4v) is 2.37. The molecule has 0 radical (unpaired) electrons. The molecule has 4 heteroatoms. The summed E-state index contributed by atoms with van der Waals surface area (Å²) in [5.41, 5.74) is 5.87. The highest BCUT2D eigenvalue weighted by Gasteiger charge is 2.05. The van der Waals surface area contributed by atoms with Crippen LogP contribution in [0.4, 0.5) is 4.39 Å². The van der Waals surface area contributed by atoms with Crippen molar-refractivity contribution in [1.82, 2.24) is 0 Å². The third kappa shape index (κ3) is 2.13. The Labute approximate surface area is 86.4 Å². The molecule has 0 bridgehead atoms. The van der Waals surface area contributed by atoms with Crippen LogP contribution in [0.25, 0.3) is 0 Å². The molecule has 11 heavy (non-hydrogen) atoms. The molecule has 0 spiro atoms. The summed E-state index contributed by atoms with van der Waals surface area (Å²) in [6.07, 6.45) is 0. The normalized spacial score (nSPS) is 10.2. The predicted molar refractivity (Wildman–Crippen MR) is 54.7 cm³/mol. The Balaban J connectivity index is 3.24. The Bertz CT molecular complexity index is 277. The second-order valence-corrected chi connectivity index (χ2v) is 4.14. The van der Waals surface area contributed by atoms with Crippen molar-refractivity contribution in [2.45, 2.75) is 6.54 Å². The minimum absolute atomic E-state index is 0.212. The minimum Gasteiger partial charge on any atom is -0.326 e. The number of hydrogen-bond donors (Lipinski definition) is 1. The van der Waals surface area contributed by atoms with Gasteiger partial charge >= 0.3 is 0 Å². The first-order valence-electron chi connectivity index (χ1n) is 2.98. The fraction of sp³-hybridized carbons (Fsp3) is 0.143. The summed E-state index contributed by atoms with van der Waals surface area (Å²) in [4.78, 5) is 0. The van der Waals surface area contributed by atoms with Gasteiger partial charge in [0.2, 0.25) is 0 Å². The van der Waals surface area contributed by atoms with Crippen LogP contribution < -0.4 is 5.73 Å². The molecule has 0 aromatic heterocycles. The van der Waals surface area contributed by atoms with E-state index >= 15 is 0 Å². The topological polar surface area (TPSA) is 26.0 Å². The Morgan fingerprint density at radius 2 is 2.18 bits per heavy atom. The van der Waals surface area contributed by atoms with E-state index < -0.39 is 0 Å². The quantitative estimate of drug-likeness (QED) is 0.622. The number of nitrogens with two attached hydrogens (primary N) is 1. The molecule has 60 valence electrons. The molecule has 0 heterocycles. The molecule has 0 amide bonds. The molecule has 0 aliphatic rings. The summed E-state index contributed by atoms with van der Waals surface area (Å²) < 4.78 is 14.5. The third-order valence-corrected chi connectivity index (χ3v) is 2.53. The lowest BCUT2D eigenvalue weighted by molar-refractivity contribution is 0.603. The Morgan fingerprint density at radius 1 is 1.55 bits per heavy atom. The van der Waals surface area contributed by atoms with E-state index in [2.05, 4.69) is 15.9 Å². The second kappa shape index (κ2) is 3.82. The lowest BCUT2D eigenvalue weighted by Crippen LogP contribution is -2.01. The first kappa shape index (κ1) is 9.41. The maximum absolute atomic E-state index is 13.1. The third-order valence-electron chi connectivity index (χ3n) is 1.29. The zero-order valence-corrected chi connectivity index (χ0v) is 9.32. The Hall–Kier alpha value is 0.320. The highest BCUT2D eigenvalue weighted by molar-refractivity contribution is 14.1. The molecule has 1 aromatic carbocycles. The standard InChI is InChI=1S/C7H6BrFIN/c8-5-1-4(3-11)7(9)6(10)2-5/h1-2H,3,11H2. The molecular formula is C7H6BrFIN. The molecule has 0 saturated heterocycles. The Kier molecular flexibility index (Phi) is 3.27. The lowest BCUT2D eigenvalue weighted by atomic mass is 10.2. The molecule has 0 aliphatic heterocycles. The summed E-state index contributed by atoms with van der Waals surface area (Å²) >= 11 is 5.20. The van der Waals surface area contributed by atoms with Gasteiger partial charge in [-0.2, -0.15) is 0 Å². The van der Waals surface area contributed by atoms with Crippen molar-refractivity contribution in [2.75, 3.05) is 0 Å². The molecule has 0 aliphatic carbocycles. The highest BCUT2D eigenvalue weighted by atomic mass is 127. The molecule has 1 aromatic rings. The molecule has 0 saturated carbocycles. The highest BCUT2D eigenvalue weighted by Crippen LogP contribution is 2.21. The number of benzene rings is 1. The maximum atomic E-state index is 13.1. The van der Waals surface area contributed by atoms with Crippen LogP contribution in [0.3, 0.4) is 0 Å². The van der Waals surface area contributed by atoms with Crippen LogP contribution in [0.5, 0.6) is 0 Å². The monoisotopic (exact) mass is 329 g/mol. The van der Waals surface area contributed by atoms with Crippen LogP contribution in [0.1, 0.15) is 5.56 Å². The lowest BCUT2D eigenvalue weighted by Gasteiger charge is -2.02. The van der Waals surface area contributed by atoms with Gasteiger partial charge in [0.25, 0.3) is 0 Å². The van der Waals surface area contributed by atoms with E-state index in [1.54, 1.807) is 12.1 Å². The Morgan fingerprint density at radius 3 is 2.73 bits per heavy atom. The summed E-state index contributed by atoms with van der Waals surface area (Å²) in [5, 5.41) is 0. The van der Waals surface area contributed by atoms with Crippen molar-refractivity contribution in [3.63, 3.8) is 0 Å². The van der Waals surface area contributed by atoms with E-state index in [4.69, 9.17) is 5.73 Å². The number of hydrogen-bond acceptors (Lipinski definition) is 1. The fourth-order valence-electron chi connectivity index (χ4n) is 0.758. The number of rotatable bonds is 1. The zero-order valence-electron chi connectivity index (χ0n) is 5.57. The first-order chi connectivity index (χ1) is 5.15. The van der Waals surface area contributed by atoms with E-state index in [0.29, 0.717) is 9.13 Å². The van der Waals surface area contributed by atoms with Gasteiger partial charge in [0.15, 0.2) is 0 Å². The van der Waals surface area contributed by atoms with Crippen molar-refractivity contribution in [2.24, 2.45) is 5.73 Å². The molecule has 0 unspecified atom stereocenters. The summed E-state index contributed by atoms with van der Waals surface area (Å²) in [5.74, 6) is -0.212. The van der Waals surface area contributed by atoms with E-state index in [0.717, 1.165) is 4.47 Å². The largest absolute Gasteiger partial charge is 0.326 e. The average molecular weight is 330 g/mol. The summed E-state index contributed by atoms with van der Waals surface area (Å²) in [6.45, 7) is 0.237. The van der Waals surface area contributed by atoms with Crippen molar-refractivity contribution < 1.29 is 4.39 Å². The van der Waals surface area contributed by atoms with E-state index in [1.165, 1.54) is 0 Å². The smallest absolute Gasteiger partial charge is 0.141 e. The van der Waals surface area contributed by atoms with Gasteiger partial charge in [-0.15, -0.1) is 0 Å². The second-order valence-electron chi connectivity index (χ2n) is 2.06. The average Bonchev–Trinajstić information content (AvgIpc) is 1.96. The van der Waals surface area contributed by atoms with Gasteiger partial charge in [-0.3, -0.25) is 0 Å². The van der Waals surface area contributed by atoms with E-state index in [9.17, 15) is 4.39 Å². The number of halogens is 3. The maximum Gasteiger partial charge on any atom is 0.141 e. The molecule has 0 atom stereocenters. The van der Waals surface area contributed by atoms with E-state index in [1.807, 2.05) is 22.6 Å². The van der Waals surface area contributed by atoms with Gasteiger partial charge in [-0.25, -0.2) is 4.39 Å². The molecule has 1 nitrogen and oxygen atoms in total. The predicted octanol–water partition coefficient (Wildman–Crippen LogP) is 2.65. The van der Waals surface area contributed by atoms with Crippen LogP contribution in [0.2, 0.25) is 0 Å². The van der Waals surface area contributed by atoms with Crippen LogP contribution in [0, 0.1) is 9.39 Å².